The van der Waals surface area contributed by atoms with Crippen LogP contribution in [-0.2, 0) is 6.42 Å². The van der Waals surface area contributed by atoms with Crippen molar-refractivity contribution in [1.29, 1.82) is 0 Å². The van der Waals surface area contributed by atoms with Gasteiger partial charge in [0.2, 0.25) is 0 Å². The fourth-order valence-corrected chi connectivity index (χ4v) is 3.15. The summed E-state index contributed by atoms with van der Waals surface area (Å²) < 4.78 is 2.23. The van der Waals surface area contributed by atoms with E-state index >= 15 is 0 Å². The lowest BCUT2D eigenvalue weighted by molar-refractivity contribution is 0.0977. The molecule has 102 valence electrons. The zero-order valence-corrected chi connectivity index (χ0v) is 11.7. The molecule has 0 saturated carbocycles. The van der Waals surface area contributed by atoms with Crippen LogP contribution in [0, 0.1) is 5.41 Å². The Morgan fingerprint density at radius 3 is 3.00 bits per heavy atom. The second-order valence-electron chi connectivity index (χ2n) is 6.34. The van der Waals surface area contributed by atoms with Crippen molar-refractivity contribution in [3.63, 3.8) is 0 Å². The highest BCUT2D eigenvalue weighted by Gasteiger charge is 2.34. The van der Waals surface area contributed by atoms with E-state index in [2.05, 4.69) is 47.6 Å². The number of aliphatic hydroxyl groups is 1. The molecule has 0 aromatic carbocycles. The van der Waals surface area contributed by atoms with E-state index in [4.69, 9.17) is 0 Å². The lowest BCUT2D eigenvalue weighted by Gasteiger charge is -2.34. The number of nitrogens with one attached hydrogen (secondary N) is 1. The van der Waals surface area contributed by atoms with Crippen LogP contribution in [0.1, 0.15) is 56.4 Å². The van der Waals surface area contributed by atoms with Crippen LogP contribution < -0.4 is 0 Å². The average Bonchev–Trinajstić information content (AvgIpc) is 2.94. The van der Waals surface area contributed by atoms with Gasteiger partial charge in [0, 0.05) is 29.8 Å². The van der Waals surface area contributed by atoms with Gasteiger partial charge >= 0.3 is 0 Å². The SMILES string of the molecule is CC(c1ncc[nH]1)n1ccc2c1CC(C)(C)CC2O. The van der Waals surface area contributed by atoms with Gasteiger partial charge in [0.05, 0.1) is 12.1 Å². The molecule has 2 unspecified atom stereocenters. The summed E-state index contributed by atoms with van der Waals surface area (Å²) in [7, 11) is 0. The Labute approximate surface area is 113 Å². The first-order chi connectivity index (χ1) is 8.98. The van der Waals surface area contributed by atoms with Crippen LogP contribution in [0.5, 0.6) is 0 Å². The Hall–Kier alpha value is -1.55. The largest absolute Gasteiger partial charge is 0.388 e. The molecule has 2 heterocycles. The smallest absolute Gasteiger partial charge is 0.128 e. The lowest BCUT2D eigenvalue weighted by atomic mass is 9.75. The molecule has 0 saturated heterocycles. The van der Waals surface area contributed by atoms with Crippen molar-refractivity contribution >= 4 is 0 Å². The number of hydrogen-bond donors (Lipinski definition) is 2. The molecule has 4 nitrogen and oxygen atoms in total. The Bertz CT molecular complexity index is 568. The van der Waals surface area contributed by atoms with Gasteiger partial charge in [0.15, 0.2) is 0 Å². The third-order valence-corrected chi connectivity index (χ3v) is 4.14. The van der Waals surface area contributed by atoms with Crippen molar-refractivity contribution in [2.45, 2.75) is 45.8 Å². The van der Waals surface area contributed by atoms with Crippen LogP contribution in [0.25, 0.3) is 0 Å². The van der Waals surface area contributed by atoms with Crippen molar-refractivity contribution in [2.75, 3.05) is 0 Å². The maximum Gasteiger partial charge on any atom is 0.128 e. The van der Waals surface area contributed by atoms with E-state index in [9.17, 15) is 5.11 Å². The highest BCUT2D eigenvalue weighted by Crippen LogP contribution is 2.42. The summed E-state index contributed by atoms with van der Waals surface area (Å²) in [6.45, 7) is 6.56. The fraction of sp³-hybridized carbons (Fsp3) is 0.533. The van der Waals surface area contributed by atoms with Crippen LogP contribution in [-0.4, -0.2) is 19.6 Å². The molecular weight excluding hydrogens is 238 g/mol. The zero-order chi connectivity index (χ0) is 13.6. The summed E-state index contributed by atoms with van der Waals surface area (Å²) >= 11 is 0. The molecule has 0 bridgehead atoms. The number of hydrogen-bond acceptors (Lipinski definition) is 2. The molecular formula is C15H21N3O. The summed E-state index contributed by atoms with van der Waals surface area (Å²) in [6, 6.07) is 2.22. The minimum absolute atomic E-state index is 0.144. The van der Waals surface area contributed by atoms with Gasteiger partial charge in [-0.2, -0.15) is 0 Å². The van der Waals surface area contributed by atoms with Crippen molar-refractivity contribution in [3.8, 4) is 0 Å². The van der Waals surface area contributed by atoms with Crippen molar-refractivity contribution in [1.82, 2.24) is 14.5 Å². The molecule has 0 amide bonds. The second kappa shape index (κ2) is 4.23. The number of aromatic nitrogens is 3. The minimum atomic E-state index is -0.344. The average molecular weight is 259 g/mol. The molecule has 3 rings (SSSR count). The quantitative estimate of drug-likeness (QED) is 0.871. The Morgan fingerprint density at radius 1 is 1.53 bits per heavy atom. The van der Waals surface area contributed by atoms with Crippen molar-refractivity contribution < 1.29 is 5.11 Å². The van der Waals surface area contributed by atoms with Gasteiger partial charge in [-0.15, -0.1) is 0 Å². The van der Waals surface area contributed by atoms with E-state index in [1.54, 1.807) is 6.20 Å². The molecule has 1 aliphatic carbocycles. The van der Waals surface area contributed by atoms with Gasteiger partial charge in [0.1, 0.15) is 5.82 Å². The van der Waals surface area contributed by atoms with Crippen molar-refractivity contribution in [3.05, 3.63) is 41.7 Å². The molecule has 0 fully saturated rings. The van der Waals surface area contributed by atoms with E-state index in [1.165, 1.54) is 5.69 Å². The van der Waals surface area contributed by atoms with Crippen LogP contribution >= 0.6 is 0 Å². The highest BCUT2D eigenvalue weighted by atomic mass is 16.3. The molecule has 1 aliphatic rings. The van der Waals surface area contributed by atoms with E-state index in [0.717, 1.165) is 24.2 Å². The fourth-order valence-electron chi connectivity index (χ4n) is 3.15. The van der Waals surface area contributed by atoms with Crippen LogP contribution in [0.3, 0.4) is 0 Å². The Morgan fingerprint density at radius 2 is 2.32 bits per heavy atom. The van der Waals surface area contributed by atoms with Gasteiger partial charge in [0.25, 0.3) is 0 Å². The number of fused-ring (bicyclic) bond motifs is 1. The third kappa shape index (κ3) is 2.10. The van der Waals surface area contributed by atoms with Gasteiger partial charge < -0.3 is 14.7 Å². The third-order valence-electron chi connectivity index (χ3n) is 4.14. The van der Waals surface area contributed by atoms with Crippen LogP contribution in [0.2, 0.25) is 0 Å². The van der Waals surface area contributed by atoms with Crippen LogP contribution in [0.4, 0.5) is 0 Å². The van der Waals surface area contributed by atoms with Gasteiger partial charge in [-0.05, 0) is 31.2 Å². The summed E-state index contributed by atoms with van der Waals surface area (Å²) in [4.78, 5) is 7.51. The number of nitrogens with zero attached hydrogens (tertiary/aromatic N) is 2. The monoisotopic (exact) mass is 259 g/mol. The standard InChI is InChI=1S/C15H21N3O/c1-10(14-16-5-6-17-14)18-7-4-11-12(18)8-15(2,3)9-13(11)19/h4-7,10,13,19H,8-9H2,1-3H3,(H,16,17). The topological polar surface area (TPSA) is 53.8 Å². The molecule has 2 atom stereocenters. The molecule has 2 N–H and O–H groups in total. The second-order valence-corrected chi connectivity index (χ2v) is 6.34. The highest BCUT2D eigenvalue weighted by molar-refractivity contribution is 5.30. The summed E-state index contributed by atoms with van der Waals surface area (Å²) in [5.41, 5.74) is 2.47. The normalized spacial score (nSPS) is 23.1. The van der Waals surface area contributed by atoms with E-state index in [0.29, 0.717) is 0 Å². The molecule has 4 heteroatoms. The number of imidazole rings is 1. The molecule has 0 aliphatic heterocycles. The molecule has 0 spiro atoms. The van der Waals surface area contributed by atoms with Crippen LogP contribution in [0.15, 0.2) is 24.7 Å². The van der Waals surface area contributed by atoms with Gasteiger partial charge in [-0.25, -0.2) is 4.98 Å². The predicted molar refractivity (Wildman–Crippen MR) is 73.9 cm³/mol. The maximum absolute atomic E-state index is 10.3. The summed E-state index contributed by atoms with van der Waals surface area (Å²) in [6.07, 6.45) is 7.18. The Kier molecular flexibility index (Phi) is 2.78. The number of aromatic amines is 1. The summed E-state index contributed by atoms with van der Waals surface area (Å²) in [5.74, 6) is 0.955. The van der Waals surface area contributed by atoms with E-state index in [1.807, 2.05) is 6.20 Å². The molecule has 0 radical (unpaired) electrons. The number of aliphatic hydroxyl groups excluding tert-OH is 1. The zero-order valence-electron chi connectivity index (χ0n) is 11.7. The molecule has 2 aromatic heterocycles. The van der Waals surface area contributed by atoms with E-state index in [-0.39, 0.29) is 17.6 Å². The minimum Gasteiger partial charge on any atom is -0.388 e. The molecule has 19 heavy (non-hydrogen) atoms. The first-order valence-corrected chi connectivity index (χ1v) is 6.85. The molecule has 2 aromatic rings. The first kappa shape index (κ1) is 12.5. The van der Waals surface area contributed by atoms with Gasteiger partial charge in [-0.3, -0.25) is 0 Å². The van der Waals surface area contributed by atoms with Gasteiger partial charge in [-0.1, -0.05) is 13.8 Å². The lowest BCUT2D eigenvalue weighted by Crippen LogP contribution is -2.27. The first-order valence-electron chi connectivity index (χ1n) is 6.85. The van der Waals surface area contributed by atoms with Crippen molar-refractivity contribution in [2.24, 2.45) is 5.41 Å². The number of rotatable bonds is 2. The summed E-state index contributed by atoms with van der Waals surface area (Å²) in [5, 5.41) is 10.3. The van der Waals surface area contributed by atoms with E-state index < -0.39 is 0 Å². The maximum atomic E-state index is 10.3. The number of H-pyrrole nitrogens is 1. The predicted octanol–water partition coefficient (Wildman–Crippen LogP) is 2.83. The Balaban J connectivity index is 2.01.